The van der Waals surface area contributed by atoms with Crippen molar-refractivity contribution in [2.75, 3.05) is 5.32 Å². The molecular weight excluding hydrogens is 222 g/mol. The maximum absolute atomic E-state index is 11.4. The number of nitrogens with zero attached hydrogens (tertiary/aromatic N) is 1. The SMILES string of the molecule is N#Cc1ccc(NC(=O)[C@@H](N)CC(=O)O)cc1. The van der Waals surface area contributed by atoms with Crippen LogP contribution in [0.2, 0.25) is 0 Å². The van der Waals surface area contributed by atoms with Gasteiger partial charge in [0.15, 0.2) is 0 Å². The van der Waals surface area contributed by atoms with Crippen molar-refractivity contribution in [3.05, 3.63) is 29.8 Å². The number of anilines is 1. The molecule has 6 nitrogen and oxygen atoms in total. The van der Waals surface area contributed by atoms with Crippen molar-refractivity contribution < 1.29 is 14.7 Å². The number of nitriles is 1. The van der Waals surface area contributed by atoms with E-state index in [-0.39, 0.29) is 0 Å². The maximum atomic E-state index is 11.4. The highest BCUT2D eigenvalue weighted by atomic mass is 16.4. The highest BCUT2D eigenvalue weighted by molar-refractivity contribution is 5.96. The van der Waals surface area contributed by atoms with Gasteiger partial charge in [0.2, 0.25) is 5.91 Å². The van der Waals surface area contributed by atoms with Gasteiger partial charge in [0, 0.05) is 5.69 Å². The van der Waals surface area contributed by atoms with E-state index in [0.717, 1.165) is 0 Å². The molecule has 1 rings (SSSR count). The molecule has 1 aromatic rings. The Morgan fingerprint density at radius 2 is 2.00 bits per heavy atom. The molecule has 0 spiro atoms. The molecule has 0 bridgehead atoms. The van der Waals surface area contributed by atoms with Crippen molar-refractivity contribution in [3.63, 3.8) is 0 Å². The number of aliphatic carboxylic acids is 1. The summed E-state index contributed by atoms with van der Waals surface area (Å²) in [5.41, 5.74) is 6.31. The summed E-state index contributed by atoms with van der Waals surface area (Å²) < 4.78 is 0. The molecule has 0 saturated carbocycles. The first kappa shape index (κ1) is 12.7. The zero-order valence-corrected chi connectivity index (χ0v) is 8.88. The van der Waals surface area contributed by atoms with E-state index in [1.54, 1.807) is 24.3 Å². The summed E-state index contributed by atoms with van der Waals surface area (Å²) in [6.07, 6.45) is -0.428. The number of benzene rings is 1. The van der Waals surface area contributed by atoms with Crippen LogP contribution in [0, 0.1) is 11.3 Å². The summed E-state index contributed by atoms with van der Waals surface area (Å²) in [7, 11) is 0. The van der Waals surface area contributed by atoms with Crippen LogP contribution in [-0.4, -0.2) is 23.0 Å². The number of amides is 1. The normalized spacial score (nSPS) is 11.3. The lowest BCUT2D eigenvalue weighted by Crippen LogP contribution is -2.37. The number of nitrogens with two attached hydrogens (primary N) is 1. The van der Waals surface area contributed by atoms with Gasteiger partial charge in [0.05, 0.1) is 24.1 Å². The molecule has 1 amide bonds. The number of nitrogens with one attached hydrogen (secondary N) is 1. The lowest BCUT2D eigenvalue weighted by molar-refractivity contribution is -0.138. The summed E-state index contributed by atoms with van der Waals surface area (Å²) in [4.78, 5) is 21.8. The van der Waals surface area contributed by atoms with Crippen molar-refractivity contribution in [1.82, 2.24) is 0 Å². The fourth-order valence-corrected chi connectivity index (χ4v) is 1.14. The number of carbonyl (C=O) groups is 2. The minimum absolute atomic E-state index is 0.428. The fourth-order valence-electron chi connectivity index (χ4n) is 1.14. The van der Waals surface area contributed by atoms with E-state index in [2.05, 4.69) is 5.32 Å². The molecule has 0 radical (unpaired) electrons. The Bertz CT molecular complexity index is 462. The van der Waals surface area contributed by atoms with Crippen LogP contribution in [0.1, 0.15) is 12.0 Å². The summed E-state index contributed by atoms with van der Waals surface area (Å²) in [5.74, 6) is -1.70. The van der Waals surface area contributed by atoms with Crippen molar-refractivity contribution in [2.24, 2.45) is 5.73 Å². The first-order valence-electron chi connectivity index (χ1n) is 4.81. The molecule has 0 aromatic heterocycles. The van der Waals surface area contributed by atoms with Gasteiger partial charge in [0.25, 0.3) is 0 Å². The summed E-state index contributed by atoms with van der Waals surface area (Å²) >= 11 is 0. The van der Waals surface area contributed by atoms with Gasteiger partial charge in [0.1, 0.15) is 0 Å². The maximum Gasteiger partial charge on any atom is 0.305 e. The predicted octanol–water partition coefficient (Wildman–Crippen LogP) is 0.299. The van der Waals surface area contributed by atoms with Crippen molar-refractivity contribution in [3.8, 4) is 6.07 Å². The van der Waals surface area contributed by atoms with Crippen LogP contribution in [0.5, 0.6) is 0 Å². The van der Waals surface area contributed by atoms with Crippen LogP contribution in [-0.2, 0) is 9.59 Å². The molecule has 1 atom stereocenters. The Hall–Kier alpha value is -2.39. The second-order valence-corrected chi connectivity index (χ2v) is 3.38. The Morgan fingerprint density at radius 3 is 2.47 bits per heavy atom. The van der Waals surface area contributed by atoms with Crippen LogP contribution >= 0.6 is 0 Å². The third-order valence-electron chi connectivity index (χ3n) is 2.01. The van der Waals surface area contributed by atoms with Crippen LogP contribution < -0.4 is 11.1 Å². The molecule has 0 heterocycles. The van der Waals surface area contributed by atoms with Crippen molar-refractivity contribution in [1.29, 1.82) is 5.26 Å². The minimum atomic E-state index is -1.13. The highest BCUT2D eigenvalue weighted by Crippen LogP contribution is 2.09. The first-order valence-corrected chi connectivity index (χ1v) is 4.81. The third kappa shape index (κ3) is 3.93. The molecule has 17 heavy (non-hydrogen) atoms. The Balaban J connectivity index is 2.61. The van der Waals surface area contributed by atoms with E-state index in [9.17, 15) is 9.59 Å². The van der Waals surface area contributed by atoms with Gasteiger partial charge >= 0.3 is 5.97 Å². The van der Waals surface area contributed by atoms with E-state index >= 15 is 0 Å². The van der Waals surface area contributed by atoms with E-state index in [1.807, 2.05) is 6.07 Å². The van der Waals surface area contributed by atoms with Gasteiger partial charge in [-0.1, -0.05) is 0 Å². The van der Waals surface area contributed by atoms with Crippen molar-refractivity contribution >= 4 is 17.6 Å². The van der Waals surface area contributed by atoms with E-state index in [0.29, 0.717) is 11.3 Å². The van der Waals surface area contributed by atoms with Crippen LogP contribution in [0.15, 0.2) is 24.3 Å². The summed E-state index contributed by atoms with van der Waals surface area (Å²) in [6.45, 7) is 0. The molecule has 4 N–H and O–H groups in total. The average molecular weight is 233 g/mol. The molecule has 0 unspecified atom stereocenters. The zero-order chi connectivity index (χ0) is 12.8. The number of rotatable bonds is 4. The van der Waals surface area contributed by atoms with Crippen molar-refractivity contribution in [2.45, 2.75) is 12.5 Å². The molecule has 88 valence electrons. The quantitative estimate of drug-likeness (QED) is 0.691. The van der Waals surface area contributed by atoms with Gasteiger partial charge in [-0.15, -0.1) is 0 Å². The number of hydrogen-bond donors (Lipinski definition) is 3. The molecule has 0 aliphatic carbocycles. The Kier molecular flexibility index (Phi) is 4.20. The minimum Gasteiger partial charge on any atom is -0.481 e. The summed E-state index contributed by atoms with van der Waals surface area (Å²) in [5, 5.41) is 19.5. The van der Waals surface area contributed by atoms with Gasteiger partial charge in [-0.3, -0.25) is 9.59 Å². The number of carboxylic acid groups (broad SMARTS) is 1. The monoisotopic (exact) mass is 233 g/mol. The lowest BCUT2D eigenvalue weighted by atomic mass is 10.2. The molecule has 0 fully saturated rings. The number of hydrogen-bond acceptors (Lipinski definition) is 4. The second kappa shape index (κ2) is 5.63. The Labute approximate surface area is 97.7 Å². The standard InChI is InChI=1S/C11H11N3O3/c12-6-7-1-3-8(4-2-7)14-11(17)9(13)5-10(15)16/h1-4,9H,5,13H2,(H,14,17)(H,15,16)/t9-/m0/s1. The topological polar surface area (TPSA) is 116 Å². The van der Waals surface area contributed by atoms with Gasteiger partial charge in [-0.2, -0.15) is 5.26 Å². The average Bonchev–Trinajstić information content (AvgIpc) is 2.29. The van der Waals surface area contributed by atoms with E-state index in [1.165, 1.54) is 0 Å². The molecule has 0 saturated heterocycles. The number of carbonyl (C=O) groups excluding carboxylic acids is 1. The Morgan fingerprint density at radius 1 is 1.41 bits per heavy atom. The van der Waals surface area contributed by atoms with Crippen LogP contribution in [0.25, 0.3) is 0 Å². The third-order valence-corrected chi connectivity index (χ3v) is 2.01. The van der Waals surface area contributed by atoms with Gasteiger partial charge < -0.3 is 16.2 Å². The largest absolute Gasteiger partial charge is 0.481 e. The molecular formula is C11H11N3O3. The zero-order valence-electron chi connectivity index (χ0n) is 8.88. The first-order chi connectivity index (χ1) is 8.02. The fraction of sp³-hybridized carbons (Fsp3) is 0.182. The predicted molar refractivity (Wildman–Crippen MR) is 60.0 cm³/mol. The second-order valence-electron chi connectivity index (χ2n) is 3.38. The van der Waals surface area contributed by atoms with E-state index < -0.39 is 24.3 Å². The highest BCUT2D eigenvalue weighted by Gasteiger charge is 2.16. The smallest absolute Gasteiger partial charge is 0.305 e. The van der Waals surface area contributed by atoms with Crippen LogP contribution in [0.4, 0.5) is 5.69 Å². The van der Waals surface area contributed by atoms with Gasteiger partial charge in [-0.05, 0) is 24.3 Å². The molecule has 0 aliphatic heterocycles. The summed E-state index contributed by atoms with van der Waals surface area (Å²) in [6, 6.07) is 7.02. The lowest BCUT2D eigenvalue weighted by Gasteiger charge is -2.09. The van der Waals surface area contributed by atoms with E-state index in [4.69, 9.17) is 16.1 Å². The van der Waals surface area contributed by atoms with Gasteiger partial charge in [-0.25, -0.2) is 0 Å². The molecule has 1 aromatic carbocycles. The van der Waals surface area contributed by atoms with Crippen LogP contribution in [0.3, 0.4) is 0 Å². The molecule has 0 aliphatic rings. The molecule has 6 heteroatoms. The number of carboxylic acids is 1.